The second kappa shape index (κ2) is 5.89. The Morgan fingerprint density at radius 1 is 1.39 bits per heavy atom. The van der Waals surface area contributed by atoms with Crippen molar-refractivity contribution in [1.82, 2.24) is 0 Å². The maximum absolute atomic E-state index is 10.9. The fourth-order valence-electron chi connectivity index (χ4n) is 2.41. The van der Waals surface area contributed by atoms with E-state index in [1.807, 2.05) is 0 Å². The van der Waals surface area contributed by atoms with Crippen molar-refractivity contribution in [2.24, 2.45) is 0 Å². The van der Waals surface area contributed by atoms with Crippen LogP contribution >= 0.6 is 0 Å². The predicted octanol–water partition coefficient (Wildman–Crippen LogP) is 3.66. The van der Waals surface area contributed by atoms with Crippen molar-refractivity contribution in [2.45, 2.75) is 51.6 Å². The minimum Gasteiger partial charge on any atom is -0.490 e. The average Bonchev–Trinajstić information content (AvgIpc) is 2.76. The number of carboxylic acids is 1. The van der Waals surface area contributed by atoms with E-state index in [1.165, 1.54) is 25.7 Å². The zero-order chi connectivity index (χ0) is 13.0. The zero-order valence-electron chi connectivity index (χ0n) is 10.8. The number of unbranched alkanes of at least 4 members (excludes halogenated alkanes) is 3. The summed E-state index contributed by atoms with van der Waals surface area (Å²) in [5, 5.41) is 8.94. The van der Waals surface area contributed by atoms with Gasteiger partial charge in [-0.05, 0) is 36.6 Å². The standard InChI is InChI=1S/C15H20O3/c1-2-3-4-5-6-13-10-12-9-11(15(16)17)7-8-14(12)18-13/h7-9,13H,2-6,10H2,1H3,(H,16,17). The molecule has 1 aliphatic heterocycles. The Hall–Kier alpha value is -1.51. The minimum absolute atomic E-state index is 0.237. The molecule has 0 saturated heterocycles. The fourth-order valence-corrected chi connectivity index (χ4v) is 2.41. The molecule has 1 atom stereocenters. The van der Waals surface area contributed by atoms with Crippen LogP contribution in [0.15, 0.2) is 18.2 Å². The van der Waals surface area contributed by atoms with Crippen LogP contribution in [0.25, 0.3) is 0 Å². The highest BCUT2D eigenvalue weighted by molar-refractivity contribution is 5.88. The number of hydrogen-bond donors (Lipinski definition) is 1. The molecular formula is C15H20O3. The Labute approximate surface area is 108 Å². The summed E-state index contributed by atoms with van der Waals surface area (Å²) in [7, 11) is 0. The molecule has 98 valence electrons. The van der Waals surface area contributed by atoms with Crippen LogP contribution in [0.5, 0.6) is 5.75 Å². The third-order valence-electron chi connectivity index (χ3n) is 3.43. The molecule has 0 aromatic heterocycles. The topological polar surface area (TPSA) is 46.5 Å². The van der Waals surface area contributed by atoms with Crippen molar-refractivity contribution < 1.29 is 14.6 Å². The van der Waals surface area contributed by atoms with Crippen LogP contribution in [0, 0.1) is 0 Å². The highest BCUT2D eigenvalue weighted by Gasteiger charge is 2.23. The molecule has 1 aliphatic rings. The SMILES string of the molecule is CCCCCCC1Cc2cc(C(=O)O)ccc2O1. The molecule has 3 nitrogen and oxygen atoms in total. The monoisotopic (exact) mass is 248 g/mol. The second-order valence-electron chi connectivity index (χ2n) is 4.92. The van der Waals surface area contributed by atoms with Crippen LogP contribution in [0.2, 0.25) is 0 Å². The Morgan fingerprint density at radius 2 is 2.22 bits per heavy atom. The lowest BCUT2D eigenvalue weighted by Crippen LogP contribution is -2.12. The summed E-state index contributed by atoms with van der Waals surface area (Å²) in [6.45, 7) is 2.20. The first-order valence-electron chi connectivity index (χ1n) is 6.73. The number of aromatic carboxylic acids is 1. The molecule has 3 heteroatoms. The Bertz CT molecular complexity index is 426. The number of rotatable bonds is 6. The van der Waals surface area contributed by atoms with E-state index in [1.54, 1.807) is 18.2 Å². The van der Waals surface area contributed by atoms with Gasteiger partial charge >= 0.3 is 5.97 Å². The van der Waals surface area contributed by atoms with E-state index in [-0.39, 0.29) is 6.10 Å². The Morgan fingerprint density at radius 3 is 2.94 bits per heavy atom. The van der Waals surface area contributed by atoms with Gasteiger partial charge in [-0.3, -0.25) is 0 Å². The summed E-state index contributed by atoms with van der Waals surface area (Å²) in [5.41, 5.74) is 1.39. The van der Waals surface area contributed by atoms with Crippen LogP contribution in [-0.2, 0) is 6.42 Å². The van der Waals surface area contributed by atoms with Gasteiger partial charge < -0.3 is 9.84 Å². The largest absolute Gasteiger partial charge is 0.490 e. The maximum atomic E-state index is 10.9. The van der Waals surface area contributed by atoms with Crippen molar-refractivity contribution in [3.8, 4) is 5.75 Å². The van der Waals surface area contributed by atoms with Crippen molar-refractivity contribution in [3.05, 3.63) is 29.3 Å². The number of fused-ring (bicyclic) bond motifs is 1. The molecule has 0 amide bonds. The van der Waals surface area contributed by atoms with Crippen molar-refractivity contribution >= 4 is 5.97 Å². The number of hydrogen-bond acceptors (Lipinski definition) is 2. The molecule has 1 heterocycles. The van der Waals surface area contributed by atoms with Crippen LogP contribution in [-0.4, -0.2) is 17.2 Å². The second-order valence-corrected chi connectivity index (χ2v) is 4.92. The summed E-state index contributed by atoms with van der Waals surface area (Å²) < 4.78 is 5.83. The first-order chi connectivity index (χ1) is 8.70. The van der Waals surface area contributed by atoms with Gasteiger partial charge in [-0.2, -0.15) is 0 Å². The zero-order valence-corrected chi connectivity index (χ0v) is 10.8. The van der Waals surface area contributed by atoms with Crippen LogP contribution in [0.1, 0.15) is 54.9 Å². The van der Waals surface area contributed by atoms with E-state index in [4.69, 9.17) is 9.84 Å². The van der Waals surface area contributed by atoms with Gasteiger partial charge in [-0.15, -0.1) is 0 Å². The van der Waals surface area contributed by atoms with E-state index in [0.717, 1.165) is 24.2 Å². The first-order valence-corrected chi connectivity index (χ1v) is 6.73. The molecule has 1 aromatic rings. The van der Waals surface area contributed by atoms with Crippen molar-refractivity contribution in [2.75, 3.05) is 0 Å². The Balaban J connectivity index is 1.89. The number of carbonyl (C=O) groups is 1. The molecule has 18 heavy (non-hydrogen) atoms. The molecule has 1 unspecified atom stereocenters. The smallest absolute Gasteiger partial charge is 0.335 e. The van der Waals surface area contributed by atoms with E-state index in [9.17, 15) is 4.79 Å². The van der Waals surface area contributed by atoms with Gasteiger partial charge in [0.2, 0.25) is 0 Å². The van der Waals surface area contributed by atoms with Crippen LogP contribution in [0.3, 0.4) is 0 Å². The highest BCUT2D eigenvalue weighted by atomic mass is 16.5. The lowest BCUT2D eigenvalue weighted by atomic mass is 10.0. The number of benzene rings is 1. The third kappa shape index (κ3) is 3.03. The van der Waals surface area contributed by atoms with Gasteiger partial charge in [-0.1, -0.05) is 26.2 Å². The minimum atomic E-state index is -0.871. The predicted molar refractivity (Wildman–Crippen MR) is 70.3 cm³/mol. The van der Waals surface area contributed by atoms with E-state index >= 15 is 0 Å². The molecule has 1 N–H and O–H groups in total. The molecule has 1 aromatic carbocycles. The molecule has 2 rings (SSSR count). The Kier molecular flexibility index (Phi) is 4.24. The number of carboxylic acid groups (broad SMARTS) is 1. The maximum Gasteiger partial charge on any atom is 0.335 e. The van der Waals surface area contributed by atoms with E-state index < -0.39 is 5.97 Å². The van der Waals surface area contributed by atoms with Gasteiger partial charge in [0.1, 0.15) is 11.9 Å². The number of ether oxygens (including phenoxy) is 1. The quantitative estimate of drug-likeness (QED) is 0.781. The summed E-state index contributed by atoms with van der Waals surface area (Å²) in [5.74, 6) is -0.00955. The van der Waals surface area contributed by atoms with Crippen LogP contribution in [0.4, 0.5) is 0 Å². The summed E-state index contributed by atoms with van der Waals surface area (Å²) in [6, 6.07) is 5.13. The van der Waals surface area contributed by atoms with Crippen LogP contribution < -0.4 is 4.74 Å². The molecule has 0 fully saturated rings. The van der Waals surface area contributed by atoms with Gasteiger partial charge in [0.25, 0.3) is 0 Å². The van der Waals surface area contributed by atoms with Gasteiger partial charge in [0, 0.05) is 6.42 Å². The normalized spacial score (nSPS) is 17.3. The molecule has 0 bridgehead atoms. The first kappa shape index (κ1) is 12.9. The lowest BCUT2D eigenvalue weighted by Gasteiger charge is -2.09. The summed E-state index contributed by atoms with van der Waals surface area (Å²) in [6.07, 6.45) is 7.13. The molecule has 0 aliphatic carbocycles. The third-order valence-corrected chi connectivity index (χ3v) is 3.43. The summed E-state index contributed by atoms with van der Waals surface area (Å²) in [4.78, 5) is 10.9. The molecule has 0 spiro atoms. The van der Waals surface area contributed by atoms with Crippen molar-refractivity contribution in [3.63, 3.8) is 0 Å². The van der Waals surface area contributed by atoms with Gasteiger partial charge in [-0.25, -0.2) is 4.79 Å². The highest BCUT2D eigenvalue weighted by Crippen LogP contribution is 2.31. The lowest BCUT2D eigenvalue weighted by molar-refractivity contribution is 0.0697. The molecular weight excluding hydrogens is 228 g/mol. The molecule has 0 saturated carbocycles. The van der Waals surface area contributed by atoms with Gasteiger partial charge in [0.15, 0.2) is 0 Å². The fraction of sp³-hybridized carbons (Fsp3) is 0.533. The van der Waals surface area contributed by atoms with Crippen molar-refractivity contribution in [1.29, 1.82) is 0 Å². The van der Waals surface area contributed by atoms with Gasteiger partial charge in [0.05, 0.1) is 5.56 Å². The van der Waals surface area contributed by atoms with E-state index in [0.29, 0.717) is 5.56 Å². The van der Waals surface area contributed by atoms with E-state index in [2.05, 4.69) is 6.92 Å². The average molecular weight is 248 g/mol. The summed E-state index contributed by atoms with van der Waals surface area (Å²) >= 11 is 0. The molecule has 0 radical (unpaired) electrons.